The van der Waals surface area contributed by atoms with E-state index in [2.05, 4.69) is 11.4 Å². The summed E-state index contributed by atoms with van der Waals surface area (Å²) in [5.41, 5.74) is 3.53. The largest absolute Gasteiger partial charge is 0.497 e. The molecule has 6 nitrogen and oxygen atoms in total. The van der Waals surface area contributed by atoms with Crippen molar-refractivity contribution < 1.29 is 14.3 Å². The van der Waals surface area contributed by atoms with Gasteiger partial charge in [0.15, 0.2) is 0 Å². The third kappa shape index (κ3) is 3.22. The van der Waals surface area contributed by atoms with Crippen molar-refractivity contribution in [2.45, 2.75) is 6.92 Å². The number of nitrogens with one attached hydrogen (secondary N) is 1. The third-order valence-corrected chi connectivity index (χ3v) is 5.29. The standard InChI is InChI=1S/C22H23N3O3/c1-14-7-8-19-15(9-14)10-20(24(19)2)22(27)25-12-16(13-25)21(26)23-17-5-4-6-18(11-17)28-3/h4-11,16H,12-13H2,1-3H3,(H,23,26). The van der Waals surface area contributed by atoms with Crippen LogP contribution in [0.15, 0.2) is 48.5 Å². The minimum atomic E-state index is -0.202. The summed E-state index contributed by atoms with van der Waals surface area (Å²) in [7, 11) is 3.49. The predicted octanol–water partition coefficient (Wildman–Crippen LogP) is 3.21. The van der Waals surface area contributed by atoms with E-state index in [1.165, 1.54) is 0 Å². The number of hydrogen-bond donors (Lipinski definition) is 1. The zero-order chi connectivity index (χ0) is 19.8. The maximum atomic E-state index is 12.9. The molecule has 1 aliphatic heterocycles. The van der Waals surface area contributed by atoms with E-state index in [4.69, 9.17) is 4.74 Å². The molecular formula is C22H23N3O3. The summed E-state index contributed by atoms with van der Waals surface area (Å²) in [5, 5.41) is 3.95. The molecule has 28 heavy (non-hydrogen) atoms. The molecule has 0 atom stereocenters. The molecule has 4 rings (SSSR count). The smallest absolute Gasteiger partial charge is 0.270 e. The number of amides is 2. The lowest BCUT2D eigenvalue weighted by Crippen LogP contribution is -2.54. The Morgan fingerprint density at radius 1 is 1.11 bits per heavy atom. The van der Waals surface area contributed by atoms with Gasteiger partial charge in [0.2, 0.25) is 5.91 Å². The van der Waals surface area contributed by atoms with Crippen LogP contribution in [0.1, 0.15) is 16.1 Å². The molecule has 1 aromatic heterocycles. The van der Waals surface area contributed by atoms with E-state index >= 15 is 0 Å². The first-order valence-electron chi connectivity index (χ1n) is 9.26. The molecule has 1 fully saturated rings. The Hall–Kier alpha value is -3.28. The second kappa shape index (κ2) is 7.03. The number of ether oxygens (including phenoxy) is 1. The average Bonchev–Trinajstić information content (AvgIpc) is 2.96. The maximum Gasteiger partial charge on any atom is 0.270 e. The molecule has 1 N–H and O–H groups in total. The molecule has 1 aliphatic rings. The number of anilines is 1. The fraction of sp³-hybridized carbons (Fsp3) is 0.273. The van der Waals surface area contributed by atoms with Crippen molar-refractivity contribution in [3.8, 4) is 5.75 Å². The second-order valence-corrected chi connectivity index (χ2v) is 7.28. The normalized spacial score (nSPS) is 14.0. The van der Waals surface area contributed by atoms with Gasteiger partial charge in [-0.3, -0.25) is 9.59 Å². The van der Waals surface area contributed by atoms with Gasteiger partial charge in [0.25, 0.3) is 5.91 Å². The summed E-state index contributed by atoms with van der Waals surface area (Å²) in [6.07, 6.45) is 0. The van der Waals surface area contributed by atoms with Crippen LogP contribution < -0.4 is 10.1 Å². The molecule has 2 heterocycles. The molecule has 0 bridgehead atoms. The Bertz CT molecular complexity index is 1060. The van der Waals surface area contributed by atoms with Crippen LogP contribution in [0.5, 0.6) is 5.75 Å². The molecule has 3 aromatic rings. The number of fused-ring (bicyclic) bond motifs is 1. The monoisotopic (exact) mass is 377 g/mol. The molecule has 0 saturated carbocycles. The summed E-state index contributed by atoms with van der Waals surface area (Å²) in [6, 6.07) is 15.3. The summed E-state index contributed by atoms with van der Waals surface area (Å²) in [5.74, 6) is 0.369. The molecule has 6 heteroatoms. The highest BCUT2D eigenvalue weighted by Gasteiger charge is 2.37. The lowest BCUT2D eigenvalue weighted by molar-refractivity contribution is -0.123. The Balaban J connectivity index is 1.41. The van der Waals surface area contributed by atoms with Crippen LogP contribution in [0.2, 0.25) is 0 Å². The van der Waals surface area contributed by atoms with Gasteiger partial charge in [-0.15, -0.1) is 0 Å². The van der Waals surface area contributed by atoms with Crippen molar-refractivity contribution in [3.05, 3.63) is 59.8 Å². The van der Waals surface area contributed by atoms with Gasteiger partial charge in [-0.1, -0.05) is 17.7 Å². The highest BCUT2D eigenvalue weighted by Crippen LogP contribution is 2.25. The number of methoxy groups -OCH3 is 1. The van der Waals surface area contributed by atoms with Crippen LogP contribution in [0.3, 0.4) is 0 Å². The van der Waals surface area contributed by atoms with E-state index in [1.54, 1.807) is 18.1 Å². The van der Waals surface area contributed by atoms with E-state index < -0.39 is 0 Å². The molecule has 0 unspecified atom stereocenters. The lowest BCUT2D eigenvalue weighted by atomic mass is 9.98. The number of carbonyl (C=O) groups excluding carboxylic acids is 2. The zero-order valence-electron chi connectivity index (χ0n) is 16.2. The molecule has 144 valence electrons. The molecule has 0 aliphatic carbocycles. The van der Waals surface area contributed by atoms with E-state index in [0.717, 1.165) is 16.5 Å². The number of likely N-dealkylation sites (tertiary alicyclic amines) is 1. The fourth-order valence-corrected chi connectivity index (χ4v) is 3.59. The average molecular weight is 377 g/mol. The highest BCUT2D eigenvalue weighted by molar-refractivity contribution is 6.01. The summed E-state index contributed by atoms with van der Waals surface area (Å²) in [6.45, 7) is 2.89. The summed E-state index contributed by atoms with van der Waals surface area (Å²) in [4.78, 5) is 27.0. The number of rotatable bonds is 4. The number of hydrogen-bond acceptors (Lipinski definition) is 3. The lowest BCUT2D eigenvalue weighted by Gasteiger charge is -2.38. The van der Waals surface area contributed by atoms with Gasteiger partial charge in [0, 0.05) is 42.8 Å². The van der Waals surface area contributed by atoms with Crippen molar-refractivity contribution >= 4 is 28.4 Å². The fourth-order valence-electron chi connectivity index (χ4n) is 3.59. The predicted molar refractivity (Wildman–Crippen MR) is 109 cm³/mol. The first kappa shape index (κ1) is 18.1. The number of carbonyl (C=O) groups is 2. The second-order valence-electron chi connectivity index (χ2n) is 7.28. The van der Waals surface area contributed by atoms with E-state index in [-0.39, 0.29) is 17.7 Å². The van der Waals surface area contributed by atoms with Gasteiger partial charge < -0.3 is 19.5 Å². The number of aromatic nitrogens is 1. The minimum absolute atomic E-state index is 0.0400. The number of benzene rings is 2. The van der Waals surface area contributed by atoms with Gasteiger partial charge >= 0.3 is 0 Å². The number of nitrogens with zero attached hydrogens (tertiary/aromatic N) is 2. The van der Waals surface area contributed by atoms with E-state index in [9.17, 15) is 9.59 Å². The van der Waals surface area contributed by atoms with Crippen molar-refractivity contribution in [1.82, 2.24) is 9.47 Å². The van der Waals surface area contributed by atoms with E-state index in [0.29, 0.717) is 30.2 Å². The summed E-state index contributed by atoms with van der Waals surface area (Å²) < 4.78 is 7.09. The van der Waals surface area contributed by atoms with Crippen LogP contribution in [-0.4, -0.2) is 41.5 Å². The maximum absolute atomic E-state index is 12.9. The molecule has 1 saturated heterocycles. The quantitative estimate of drug-likeness (QED) is 0.759. The Morgan fingerprint density at radius 3 is 2.64 bits per heavy atom. The van der Waals surface area contributed by atoms with Crippen LogP contribution in [-0.2, 0) is 11.8 Å². The van der Waals surface area contributed by atoms with E-state index in [1.807, 2.05) is 54.9 Å². The first-order chi connectivity index (χ1) is 13.5. The molecular weight excluding hydrogens is 354 g/mol. The minimum Gasteiger partial charge on any atom is -0.497 e. The van der Waals surface area contributed by atoms with Crippen LogP contribution in [0.25, 0.3) is 10.9 Å². The Kier molecular flexibility index (Phi) is 4.55. The summed E-state index contributed by atoms with van der Waals surface area (Å²) >= 11 is 0. The molecule has 2 aromatic carbocycles. The van der Waals surface area contributed by atoms with Crippen molar-refractivity contribution in [3.63, 3.8) is 0 Å². The highest BCUT2D eigenvalue weighted by atomic mass is 16.5. The van der Waals surface area contributed by atoms with Gasteiger partial charge in [0.1, 0.15) is 11.4 Å². The topological polar surface area (TPSA) is 63.6 Å². The first-order valence-corrected chi connectivity index (χ1v) is 9.26. The van der Waals surface area contributed by atoms with Gasteiger partial charge in [-0.05, 0) is 37.3 Å². The zero-order valence-corrected chi connectivity index (χ0v) is 16.2. The van der Waals surface area contributed by atoms with Crippen molar-refractivity contribution in [1.29, 1.82) is 0 Å². The Morgan fingerprint density at radius 2 is 1.89 bits per heavy atom. The van der Waals surface area contributed by atoms with Crippen molar-refractivity contribution in [2.75, 3.05) is 25.5 Å². The SMILES string of the molecule is COc1cccc(NC(=O)C2CN(C(=O)c3cc4cc(C)ccc4n3C)C2)c1. The molecule has 0 spiro atoms. The Labute approximate surface area is 163 Å². The molecule has 2 amide bonds. The van der Waals surface area contributed by atoms with Crippen LogP contribution >= 0.6 is 0 Å². The van der Waals surface area contributed by atoms with Crippen LogP contribution in [0, 0.1) is 12.8 Å². The number of aryl methyl sites for hydroxylation is 2. The molecule has 0 radical (unpaired) electrons. The van der Waals surface area contributed by atoms with Crippen LogP contribution in [0.4, 0.5) is 5.69 Å². The van der Waals surface area contributed by atoms with Crippen molar-refractivity contribution in [2.24, 2.45) is 13.0 Å². The third-order valence-electron chi connectivity index (χ3n) is 5.29. The van der Waals surface area contributed by atoms with Gasteiger partial charge in [-0.2, -0.15) is 0 Å². The van der Waals surface area contributed by atoms with Gasteiger partial charge in [-0.25, -0.2) is 0 Å². The van der Waals surface area contributed by atoms with Gasteiger partial charge in [0.05, 0.1) is 13.0 Å².